The first-order chi connectivity index (χ1) is 9.06. The predicted molar refractivity (Wildman–Crippen MR) is 77.0 cm³/mol. The number of hydrogen-bond acceptors (Lipinski definition) is 4. The van der Waals surface area contributed by atoms with Crippen molar-refractivity contribution in [3.8, 4) is 0 Å². The minimum absolute atomic E-state index is 0.715. The molecule has 0 aliphatic carbocycles. The molecule has 2 rings (SSSR count). The summed E-state index contributed by atoms with van der Waals surface area (Å²) in [6.07, 6.45) is 2.97. The zero-order valence-corrected chi connectivity index (χ0v) is 12.1. The molecule has 0 aliphatic heterocycles. The Morgan fingerprint density at radius 1 is 1.32 bits per heavy atom. The normalized spacial score (nSPS) is 10.9. The van der Waals surface area contributed by atoms with Crippen LogP contribution in [0.2, 0.25) is 0 Å². The summed E-state index contributed by atoms with van der Waals surface area (Å²) in [6.45, 7) is 7.61. The van der Waals surface area contributed by atoms with Gasteiger partial charge in [0.05, 0.1) is 17.1 Å². The van der Waals surface area contributed by atoms with E-state index < -0.39 is 0 Å². The number of anilines is 2. The Balaban J connectivity index is 2.18. The van der Waals surface area contributed by atoms with Crippen LogP contribution in [-0.2, 0) is 26.6 Å². The van der Waals surface area contributed by atoms with Crippen molar-refractivity contribution in [1.82, 2.24) is 19.6 Å². The molecular weight excluding hydrogens is 240 g/mol. The molecule has 6 nitrogen and oxygen atoms in total. The third kappa shape index (κ3) is 2.57. The number of nitrogens with one attached hydrogen (secondary N) is 1. The summed E-state index contributed by atoms with van der Waals surface area (Å²) in [5.41, 5.74) is 9.96. The van der Waals surface area contributed by atoms with Gasteiger partial charge in [-0.3, -0.25) is 4.68 Å². The van der Waals surface area contributed by atoms with Crippen molar-refractivity contribution in [3.05, 3.63) is 23.1 Å². The molecular formula is C13H22N6. The average molecular weight is 262 g/mol. The smallest absolute Gasteiger partial charge is 0.148 e. The molecule has 0 aromatic carbocycles. The predicted octanol–water partition coefficient (Wildman–Crippen LogP) is 1.70. The minimum Gasteiger partial charge on any atom is -0.394 e. The molecule has 2 aromatic heterocycles. The van der Waals surface area contributed by atoms with Gasteiger partial charge in [-0.05, 0) is 20.3 Å². The summed E-state index contributed by atoms with van der Waals surface area (Å²) in [4.78, 5) is 0. The van der Waals surface area contributed by atoms with Gasteiger partial charge in [-0.2, -0.15) is 10.2 Å². The fraction of sp³-hybridized carbons (Fsp3) is 0.538. The van der Waals surface area contributed by atoms with Crippen LogP contribution >= 0.6 is 0 Å². The minimum atomic E-state index is 0.715. The van der Waals surface area contributed by atoms with E-state index in [9.17, 15) is 0 Å². The van der Waals surface area contributed by atoms with Crippen molar-refractivity contribution >= 4 is 11.5 Å². The molecule has 0 radical (unpaired) electrons. The Morgan fingerprint density at radius 3 is 2.68 bits per heavy atom. The molecule has 0 saturated heterocycles. The van der Waals surface area contributed by atoms with Crippen LogP contribution in [0.3, 0.4) is 0 Å². The second-order valence-corrected chi connectivity index (χ2v) is 4.65. The van der Waals surface area contributed by atoms with Crippen LogP contribution < -0.4 is 11.1 Å². The lowest BCUT2D eigenvalue weighted by Crippen LogP contribution is -2.09. The van der Waals surface area contributed by atoms with Gasteiger partial charge in [0.2, 0.25) is 0 Å². The number of nitrogens with zero attached hydrogens (tertiary/aromatic N) is 4. The van der Waals surface area contributed by atoms with Crippen LogP contribution in [0.4, 0.5) is 11.5 Å². The first kappa shape index (κ1) is 13.5. The van der Waals surface area contributed by atoms with Crippen molar-refractivity contribution in [2.45, 2.75) is 40.3 Å². The summed E-state index contributed by atoms with van der Waals surface area (Å²) in [7, 11) is 1.94. The monoisotopic (exact) mass is 262 g/mol. The lowest BCUT2D eigenvalue weighted by molar-refractivity contribution is 0.657. The Labute approximate surface area is 113 Å². The Kier molecular flexibility index (Phi) is 3.78. The highest BCUT2D eigenvalue weighted by molar-refractivity contribution is 5.64. The van der Waals surface area contributed by atoms with Crippen molar-refractivity contribution < 1.29 is 0 Å². The SMILES string of the molecule is CCc1nn(C)cc1CNc1c(N)c(C)nn1CC. The van der Waals surface area contributed by atoms with E-state index in [-0.39, 0.29) is 0 Å². The third-order valence-electron chi connectivity index (χ3n) is 3.25. The van der Waals surface area contributed by atoms with Gasteiger partial charge in [0.1, 0.15) is 5.82 Å². The molecule has 0 aliphatic rings. The van der Waals surface area contributed by atoms with E-state index in [4.69, 9.17) is 5.73 Å². The molecule has 0 fully saturated rings. The summed E-state index contributed by atoms with van der Waals surface area (Å²) < 4.78 is 3.74. The van der Waals surface area contributed by atoms with Crippen molar-refractivity contribution in [2.75, 3.05) is 11.1 Å². The largest absolute Gasteiger partial charge is 0.394 e. The fourth-order valence-corrected chi connectivity index (χ4v) is 2.22. The van der Waals surface area contributed by atoms with Gasteiger partial charge >= 0.3 is 0 Å². The molecule has 0 atom stereocenters. The van der Waals surface area contributed by atoms with Gasteiger partial charge in [-0.25, -0.2) is 4.68 Å². The molecule has 104 valence electrons. The first-order valence-corrected chi connectivity index (χ1v) is 6.64. The standard InChI is InChI=1S/C13H22N6/c1-5-11-10(8-18(4)17-11)7-15-13-12(14)9(3)16-19(13)6-2/h8,15H,5-7,14H2,1-4H3. The maximum absolute atomic E-state index is 6.05. The van der Waals surface area contributed by atoms with E-state index in [0.717, 1.165) is 35.9 Å². The number of rotatable bonds is 5. The lowest BCUT2D eigenvalue weighted by Gasteiger charge is -2.09. The maximum Gasteiger partial charge on any atom is 0.148 e. The number of nitrogen functional groups attached to an aromatic ring is 1. The highest BCUT2D eigenvalue weighted by Crippen LogP contribution is 2.23. The van der Waals surface area contributed by atoms with E-state index in [2.05, 4.69) is 29.4 Å². The summed E-state index contributed by atoms with van der Waals surface area (Å²) in [5, 5.41) is 12.2. The van der Waals surface area contributed by atoms with Crippen LogP contribution in [0.25, 0.3) is 0 Å². The van der Waals surface area contributed by atoms with Crippen molar-refractivity contribution in [2.24, 2.45) is 7.05 Å². The molecule has 0 spiro atoms. The highest BCUT2D eigenvalue weighted by Gasteiger charge is 2.12. The van der Waals surface area contributed by atoms with Crippen LogP contribution in [0, 0.1) is 6.92 Å². The van der Waals surface area contributed by atoms with Gasteiger partial charge < -0.3 is 11.1 Å². The van der Waals surface area contributed by atoms with E-state index >= 15 is 0 Å². The topological polar surface area (TPSA) is 73.7 Å². The first-order valence-electron chi connectivity index (χ1n) is 6.64. The van der Waals surface area contributed by atoms with Crippen LogP contribution in [-0.4, -0.2) is 19.6 Å². The summed E-state index contributed by atoms with van der Waals surface area (Å²) in [6, 6.07) is 0. The molecule has 0 amide bonds. The molecule has 19 heavy (non-hydrogen) atoms. The highest BCUT2D eigenvalue weighted by atomic mass is 15.3. The number of aromatic nitrogens is 4. The van der Waals surface area contributed by atoms with Gasteiger partial charge in [-0.15, -0.1) is 0 Å². The fourth-order valence-electron chi connectivity index (χ4n) is 2.22. The summed E-state index contributed by atoms with van der Waals surface area (Å²) >= 11 is 0. The van der Waals surface area contributed by atoms with E-state index in [1.807, 2.05) is 29.5 Å². The number of hydrogen-bond donors (Lipinski definition) is 2. The molecule has 3 N–H and O–H groups in total. The molecule has 0 saturated carbocycles. The average Bonchev–Trinajstić information content (AvgIpc) is 2.88. The summed E-state index contributed by atoms with van der Waals surface area (Å²) in [5.74, 6) is 0.894. The zero-order valence-electron chi connectivity index (χ0n) is 12.1. The van der Waals surface area contributed by atoms with E-state index in [0.29, 0.717) is 6.54 Å². The Bertz CT molecular complexity index is 566. The van der Waals surface area contributed by atoms with Gasteiger partial charge in [0.15, 0.2) is 0 Å². The van der Waals surface area contributed by atoms with Crippen LogP contribution in [0.1, 0.15) is 30.8 Å². The van der Waals surface area contributed by atoms with Crippen molar-refractivity contribution in [1.29, 1.82) is 0 Å². The Morgan fingerprint density at radius 2 is 2.05 bits per heavy atom. The maximum atomic E-state index is 6.05. The van der Waals surface area contributed by atoms with Gasteiger partial charge in [0, 0.05) is 31.9 Å². The Hall–Kier alpha value is -1.98. The molecule has 0 unspecified atom stereocenters. The van der Waals surface area contributed by atoms with Gasteiger partial charge in [0.25, 0.3) is 0 Å². The van der Waals surface area contributed by atoms with Crippen LogP contribution in [0.15, 0.2) is 6.20 Å². The van der Waals surface area contributed by atoms with E-state index in [1.165, 1.54) is 5.56 Å². The number of nitrogens with two attached hydrogens (primary N) is 1. The second kappa shape index (κ2) is 5.34. The van der Waals surface area contributed by atoms with Gasteiger partial charge in [-0.1, -0.05) is 6.92 Å². The second-order valence-electron chi connectivity index (χ2n) is 4.65. The third-order valence-corrected chi connectivity index (χ3v) is 3.25. The zero-order chi connectivity index (χ0) is 14.0. The number of aryl methyl sites for hydroxylation is 4. The quantitative estimate of drug-likeness (QED) is 0.860. The molecule has 2 aromatic rings. The molecule has 0 bridgehead atoms. The molecule has 2 heterocycles. The van der Waals surface area contributed by atoms with E-state index in [1.54, 1.807) is 0 Å². The van der Waals surface area contributed by atoms with Crippen molar-refractivity contribution in [3.63, 3.8) is 0 Å². The molecule has 6 heteroatoms. The van der Waals surface area contributed by atoms with Crippen LogP contribution in [0.5, 0.6) is 0 Å². The lowest BCUT2D eigenvalue weighted by atomic mass is 10.2.